The summed E-state index contributed by atoms with van der Waals surface area (Å²) in [7, 11) is 3.58. The molecule has 2 nitrogen and oxygen atoms in total. The van der Waals surface area contributed by atoms with Crippen molar-refractivity contribution in [3.63, 3.8) is 0 Å². The molecular formula is C32H24N2S4. The van der Waals surface area contributed by atoms with E-state index in [1.54, 1.807) is 44.7 Å². The Morgan fingerprint density at radius 3 is 1.24 bits per heavy atom. The van der Waals surface area contributed by atoms with Gasteiger partial charge in [0.25, 0.3) is 0 Å². The third kappa shape index (κ3) is 4.97. The Labute approximate surface area is 239 Å². The molecule has 0 aliphatic carbocycles. The molecule has 0 spiro atoms. The molecule has 6 heteroatoms. The number of nitrogens with zero attached hydrogens (tertiary/aromatic N) is 2. The van der Waals surface area contributed by atoms with Crippen molar-refractivity contribution in [2.24, 2.45) is 0 Å². The molecule has 0 saturated heterocycles. The highest BCUT2D eigenvalue weighted by Crippen LogP contribution is 2.53. The van der Waals surface area contributed by atoms with E-state index in [9.17, 15) is 0 Å². The van der Waals surface area contributed by atoms with Crippen LogP contribution in [-0.2, 0) is 0 Å². The molecule has 2 aromatic heterocycles. The maximum Gasteiger partial charge on any atom is 0.0991 e. The van der Waals surface area contributed by atoms with Crippen molar-refractivity contribution < 1.29 is 0 Å². The molecule has 0 atom stereocenters. The van der Waals surface area contributed by atoms with Gasteiger partial charge in [0, 0.05) is 11.1 Å². The average molecular weight is 565 g/mol. The number of rotatable bonds is 7. The summed E-state index contributed by atoms with van der Waals surface area (Å²) in [4.78, 5) is 4.81. The fraction of sp³-hybridized carbons (Fsp3) is 0.0625. The Bertz CT molecular complexity index is 1560. The molecule has 0 aliphatic heterocycles. The van der Waals surface area contributed by atoms with Crippen LogP contribution in [0.15, 0.2) is 119 Å². The molecule has 0 amide bonds. The van der Waals surface area contributed by atoms with E-state index >= 15 is 0 Å². The van der Waals surface area contributed by atoms with Gasteiger partial charge < -0.3 is 0 Å². The smallest absolute Gasteiger partial charge is 0.0991 e. The zero-order valence-electron chi connectivity index (χ0n) is 20.9. The fourth-order valence-corrected chi connectivity index (χ4v) is 9.53. The van der Waals surface area contributed by atoms with Crippen molar-refractivity contribution in [2.75, 3.05) is 0 Å². The van der Waals surface area contributed by atoms with Crippen LogP contribution in [0.25, 0.3) is 43.4 Å². The first-order valence-electron chi connectivity index (χ1n) is 12.3. The largest absolute Gasteiger partial charge is 0.191 e. The molecule has 4 aromatic carbocycles. The van der Waals surface area contributed by atoms with Crippen LogP contribution in [-0.4, -0.2) is 8.75 Å². The van der Waals surface area contributed by atoms with Gasteiger partial charge in [0.15, 0.2) is 0 Å². The average Bonchev–Trinajstić information content (AvgIpc) is 3.58. The predicted molar refractivity (Wildman–Crippen MR) is 167 cm³/mol. The minimum Gasteiger partial charge on any atom is -0.191 e. The van der Waals surface area contributed by atoms with Crippen molar-refractivity contribution >= 4 is 44.7 Å². The number of aryl methyl sites for hydroxylation is 2. The van der Waals surface area contributed by atoms with E-state index < -0.39 is 0 Å². The Kier molecular flexibility index (Phi) is 7.47. The van der Waals surface area contributed by atoms with E-state index in [4.69, 9.17) is 8.75 Å². The Balaban J connectivity index is 1.47. The van der Waals surface area contributed by atoms with E-state index in [1.165, 1.54) is 41.8 Å². The number of hydrogen-bond acceptors (Lipinski definition) is 6. The predicted octanol–water partition coefficient (Wildman–Crippen LogP) is 10.7. The van der Waals surface area contributed by atoms with Gasteiger partial charge in [0.2, 0.25) is 0 Å². The topological polar surface area (TPSA) is 25.8 Å². The normalized spacial score (nSPS) is 11.1. The van der Waals surface area contributed by atoms with Crippen LogP contribution in [0.1, 0.15) is 11.1 Å². The zero-order valence-corrected chi connectivity index (χ0v) is 24.2. The summed E-state index contributed by atoms with van der Waals surface area (Å²) < 4.78 is 9.95. The summed E-state index contributed by atoms with van der Waals surface area (Å²) >= 11 is 3.16. The van der Waals surface area contributed by atoms with E-state index in [2.05, 4.69) is 123 Å². The van der Waals surface area contributed by atoms with Crippen molar-refractivity contribution in [3.8, 4) is 43.4 Å². The van der Waals surface area contributed by atoms with Crippen LogP contribution in [0, 0.1) is 13.8 Å². The van der Waals surface area contributed by atoms with E-state index in [-0.39, 0.29) is 0 Å². The first-order valence-corrected chi connectivity index (χ1v) is 16.0. The Morgan fingerprint density at radius 1 is 0.474 bits per heavy atom. The van der Waals surface area contributed by atoms with E-state index in [0.29, 0.717) is 0 Å². The van der Waals surface area contributed by atoms with Crippen molar-refractivity contribution in [2.45, 2.75) is 23.6 Å². The second kappa shape index (κ2) is 11.3. The van der Waals surface area contributed by atoms with Gasteiger partial charge in [0.1, 0.15) is 0 Å². The Morgan fingerprint density at radius 2 is 0.842 bits per heavy atom. The van der Waals surface area contributed by atoms with Crippen molar-refractivity contribution in [1.29, 1.82) is 0 Å². The lowest BCUT2D eigenvalue weighted by molar-refractivity contribution is 1.40. The molecule has 6 aromatic rings. The minimum atomic E-state index is 1.04. The molecule has 2 heterocycles. The van der Waals surface area contributed by atoms with Gasteiger partial charge in [0.05, 0.1) is 30.9 Å². The Hall–Kier alpha value is -3.16. The van der Waals surface area contributed by atoms with E-state index in [1.807, 2.05) is 0 Å². The van der Waals surface area contributed by atoms with Gasteiger partial charge in [-0.1, -0.05) is 109 Å². The number of hydrogen-bond donors (Lipinski definition) is 0. The maximum atomic E-state index is 4.97. The van der Waals surface area contributed by atoms with E-state index in [0.717, 1.165) is 22.5 Å². The van der Waals surface area contributed by atoms with Gasteiger partial charge in [-0.15, -0.1) is 0 Å². The summed E-state index contributed by atoms with van der Waals surface area (Å²) in [6.45, 7) is 4.34. The lowest BCUT2D eigenvalue weighted by Gasteiger charge is -2.10. The highest BCUT2D eigenvalue weighted by molar-refractivity contribution is 8.76. The second-order valence-corrected chi connectivity index (χ2v) is 12.6. The molecule has 186 valence electrons. The highest BCUT2D eigenvalue weighted by Gasteiger charge is 2.23. The third-order valence-corrected chi connectivity index (χ3v) is 10.9. The van der Waals surface area contributed by atoms with Crippen LogP contribution >= 0.6 is 44.7 Å². The van der Waals surface area contributed by atoms with Crippen LogP contribution in [0.3, 0.4) is 0 Å². The molecule has 0 fully saturated rings. The lowest BCUT2D eigenvalue weighted by Crippen LogP contribution is -1.85. The van der Waals surface area contributed by atoms with Crippen LogP contribution in [0.5, 0.6) is 0 Å². The molecule has 0 radical (unpaired) electrons. The third-order valence-electron chi connectivity index (χ3n) is 6.38. The minimum absolute atomic E-state index is 1.04. The summed E-state index contributed by atoms with van der Waals surface area (Å²) in [6.07, 6.45) is 0. The fourth-order valence-electron chi connectivity index (χ4n) is 4.36. The van der Waals surface area contributed by atoms with Gasteiger partial charge >= 0.3 is 0 Å². The molecule has 0 unspecified atom stereocenters. The first kappa shape index (κ1) is 25.1. The molecule has 0 bridgehead atoms. The molecule has 6 rings (SSSR count). The van der Waals surface area contributed by atoms with Crippen LogP contribution in [0.2, 0.25) is 0 Å². The highest BCUT2D eigenvalue weighted by atomic mass is 33.1. The zero-order chi connectivity index (χ0) is 25.9. The number of benzene rings is 4. The van der Waals surface area contributed by atoms with Gasteiger partial charge in [-0.05, 0) is 80.8 Å². The summed E-state index contributed by atoms with van der Waals surface area (Å²) in [5.41, 5.74) is 9.33. The van der Waals surface area contributed by atoms with Gasteiger partial charge in [-0.25, -0.2) is 0 Å². The summed E-state index contributed by atoms with van der Waals surface area (Å²) in [5.74, 6) is 0. The monoisotopic (exact) mass is 564 g/mol. The quantitative estimate of drug-likeness (QED) is 0.180. The van der Waals surface area contributed by atoms with Crippen molar-refractivity contribution in [1.82, 2.24) is 8.75 Å². The maximum absolute atomic E-state index is 4.97. The summed E-state index contributed by atoms with van der Waals surface area (Å²) in [5, 5.41) is 0. The lowest BCUT2D eigenvalue weighted by atomic mass is 10.1. The standard InChI is InChI=1S/C32H24N2S4/c1-21-13-9-11-19-25(21)29-31(27(33-35-29)23-15-5-3-6-16-23)37-38-32-28(24-17-7-4-8-18-24)34-36-30(32)26-20-12-10-14-22(26)2/h3-20H,1-2H3. The SMILES string of the molecule is Cc1ccccc1-c1snc(-c2ccccc2)c1SSc1c(-c2ccccc2)nsc1-c1ccccc1C. The molecule has 38 heavy (non-hydrogen) atoms. The second-order valence-electron chi connectivity index (χ2n) is 8.91. The first-order chi connectivity index (χ1) is 18.7. The van der Waals surface area contributed by atoms with Crippen LogP contribution < -0.4 is 0 Å². The molecule has 0 saturated carbocycles. The molecule has 0 N–H and O–H groups in total. The summed E-state index contributed by atoms with van der Waals surface area (Å²) in [6, 6.07) is 38.2. The van der Waals surface area contributed by atoms with Gasteiger partial charge in [-0.3, -0.25) is 0 Å². The van der Waals surface area contributed by atoms with Gasteiger partial charge in [-0.2, -0.15) is 8.75 Å². The number of aromatic nitrogens is 2. The van der Waals surface area contributed by atoms with Crippen LogP contribution in [0.4, 0.5) is 0 Å². The molecular weight excluding hydrogens is 541 g/mol. The molecule has 0 aliphatic rings. The van der Waals surface area contributed by atoms with Crippen molar-refractivity contribution in [3.05, 3.63) is 120 Å².